The summed E-state index contributed by atoms with van der Waals surface area (Å²) in [6.45, 7) is 3.77. The Morgan fingerprint density at radius 3 is 2.56 bits per heavy atom. The minimum atomic E-state index is -0.639. The zero-order valence-corrected chi connectivity index (χ0v) is 12.2. The van der Waals surface area contributed by atoms with E-state index in [1.165, 1.54) is 0 Å². The van der Waals surface area contributed by atoms with E-state index in [0.717, 1.165) is 4.47 Å². The lowest BCUT2D eigenvalue weighted by Gasteiger charge is -2.21. The highest BCUT2D eigenvalue weighted by molar-refractivity contribution is 9.10. The van der Waals surface area contributed by atoms with Gasteiger partial charge in [-0.15, -0.1) is 0 Å². The second-order valence-electron chi connectivity index (χ2n) is 4.09. The van der Waals surface area contributed by atoms with E-state index in [1.807, 2.05) is 13.8 Å². The van der Waals surface area contributed by atoms with E-state index in [4.69, 9.17) is 15.3 Å². The van der Waals surface area contributed by atoms with Crippen LogP contribution in [0.25, 0.3) is 0 Å². The summed E-state index contributed by atoms with van der Waals surface area (Å²) >= 11 is 3.37. The Bertz CT molecular complexity index is 424. The van der Waals surface area contributed by atoms with Gasteiger partial charge in [0.1, 0.15) is 11.5 Å². The number of halogens is 1. The first-order chi connectivity index (χ1) is 8.49. The van der Waals surface area contributed by atoms with E-state index in [2.05, 4.69) is 21.4 Å². The number of hydrogen-bond donors (Lipinski definition) is 2. The van der Waals surface area contributed by atoms with Crippen molar-refractivity contribution in [1.29, 1.82) is 0 Å². The lowest BCUT2D eigenvalue weighted by molar-refractivity contribution is -0.129. The largest absolute Gasteiger partial charge is 0.497 e. The molecule has 5 nitrogen and oxygen atoms in total. The highest BCUT2D eigenvalue weighted by atomic mass is 79.9. The number of hydrogen-bond acceptors (Lipinski definition) is 4. The van der Waals surface area contributed by atoms with Crippen LogP contribution in [0, 0.1) is 5.92 Å². The summed E-state index contributed by atoms with van der Waals surface area (Å²) in [6, 6.07) is 5.27. The Balaban J connectivity index is 2.90. The molecule has 1 atom stereocenters. The smallest absolute Gasteiger partial charge is 0.275 e. The summed E-state index contributed by atoms with van der Waals surface area (Å²) in [6.07, 6.45) is -0.639. The van der Waals surface area contributed by atoms with Gasteiger partial charge in [-0.1, -0.05) is 13.8 Å². The molecule has 0 aliphatic carbocycles. The minimum Gasteiger partial charge on any atom is -0.497 e. The molecule has 1 rings (SSSR count). The molecule has 0 saturated heterocycles. The fourth-order valence-electron chi connectivity index (χ4n) is 1.42. The molecule has 0 bridgehead atoms. The molecular formula is C12H17BrN2O3. The number of benzene rings is 1. The van der Waals surface area contributed by atoms with Crippen molar-refractivity contribution in [1.82, 2.24) is 5.43 Å². The van der Waals surface area contributed by atoms with Gasteiger partial charge in [0.15, 0.2) is 6.10 Å². The van der Waals surface area contributed by atoms with Crippen molar-refractivity contribution in [2.24, 2.45) is 11.8 Å². The van der Waals surface area contributed by atoms with Gasteiger partial charge in [-0.3, -0.25) is 10.2 Å². The van der Waals surface area contributed by atoms with Gasteiger partial charge in [-0.25, -0.2) is 5.84 Å². The first kappa shape index (κ1) is 14.8. The maximum atomic E-state index is 11.6. The number of nitrogens with one attached hydrogen (secondary N) is 1. The topological polar surface area (TPSA) is 73.6 Å². The Morgan fingerprint density at radius 1 is 1.44 bits per heavy atom. The molecular weight excluding hydrogens is 300 g/mol. The van der Waals surface area contributed by atoms with Crippen molar-refractivity contribution in [3.8, 4) is 11.5 Å². The third-order valence-electron chi connectivity index (χ3n) is 2.40. The average Bonchev–Trinajstić information content (AvgIpc) is 2.35. The average molecular weight is 317 g/mol. The van der Waals surface area contributed by atoms with Crippen LogP contribution in [-0.4, -0.2) is 19.1 Å². The zero-order valence-electron chi connectivity index (χ0n) is 10.6. The molecule has 0 fully saturated rings. The second kappa shape index (κ2) is 6.61. The van der Waals surface area contributed by atoms with Gasteiger partial charge in [-0.2, -0.15) is 0 Å². The van der Waals surface area contributed by atoms with Gasteiger partial charge in [0.05, 0.1) is 11.6 Å². The number of methoxy groups -OCH3 is 1. The minimum absolute atomic E-state index is 0.00236. The van der Waals surface area contributed by atoms with Gasteiger partial charge >= 0.3 is 0 Å². The number of rotatable bonds is 5. The summed E-state index contributed by atoms with van der Waals surface area (Å²) in [5.41, 5.74) is 2.10. The Kier molecular flexibility index (Phi) is 5.43. The number of ether oxygens (including phenoxy) is 2. The van der Waals surface area contributed by atoms with Crippen molar-refractivity contribution in [3.05, 3.63) is 22.7 Å². The molecule has 1 aromatic carbocycles. The summed E-state index contributed by atoms with van der Waals surface area (Å²) in [7, 11) is 1.58. The number of amides is 1. The monoisotopic (exact) mass is 316 g/mol. The number of carbonyl (C=O) groups is 1. The Hall–Kier alpha value is -1.27. The van der Waals surface area contributed by atoms with E-state index in [0.29, 0.717) is 11.5 Å². The van der Waals surface area contributed by atoms with Gasteiger partial charge in [0, 0.05) is 0 Å². The van der Waals surface area contributed by atoms with Crippen molar-refractivity contribution in [2.75, 3.05) is 7.11 Å². The molecule has 18 heavy (non-hydrogen) atoms. The summed E-state index contributed by atoms with van der Waals surface area (Å²) < 4.78 is 11.5. The summed E-state index contributed by atoms with van der Waals surface area (Å²) in [5, 5.41) is 0. The van der Waals surface area contributed by atoms with Crippen LogP contribution in [0.4, 0.5) is 0 Å². The third kappa shape index (κ3) is 3.61. The van der Waals surface area contributed by atoms with Gasteiger partial charge in [-0.05, 0) is 40.0 Å². The number of nitrogens with two attached hydrogens (primary N) is 1. The molecule has 1 unspecified atom stereocenters. The molecule has 0 aliphatic heterocycles. The van der Waals surface area contributed by atoms with Crippen LogP contribution in [0.15, 0.2) is 22.7 Å². The first-order valence-electron chi connectivity index (χ1n) is 5.50. The molecule has 1 amide bonds. The number of hydrazine groups is 1. The van der Waals surface area contributed by atoms with Crippen molar-refractivity contribution in [3.63, 3.8) is 0 Å². The SMILES string of the molecule is COc1ccc(OC(C(=O)NN)C(C)C)c(Br)c1. The van der Waals surface area contributed by atoms with Crippen LogP contribution in [0.3, 0.4) is 0 Å². The van der Waals surface area contributed by atoms with Crippen LogP contribution in [0.2, 0.25) is 0 Å². The predicted molar refractivity (Wildman–Crippen MR) is 72.3 cm³/mol. The van der Waals surface area contributed by atoms with E-state index < -0.39 is 6.10 Å². The Labute approximate surface area is 115 Å². The highest BCUT2D eigenvalue weighted by Gasteiger charge is 2.24. The zero-order chi connectivity index (χ0) is 13.7. The van der Waals surface area contributed by atoms with Gasteiger partial charge < -0.3 is 9.47 Å². The fraction of sp³-hybridized carbons (Fsp3) is 0.417. The third-order valence-corrected chi connectivity index (χ3v) is 3.02. The van der Waals surface area contributed by atoms with Crippen molar-refractivity contribution >= 4 is 21.8 Å². The van der Waals surface area contributed by atoms with Crippen molar-refractivity contribution < 1.29 is 14.3 Å². The van der Waals surface area contributed by atoms with E-state index in [-0.39, 0.29) is 11.8 Å². The lowest BCUT2D eigenvalue weighted by atomic mass is 10.1. The maximum absolute atomic E-state index is 11.6. The summed E-state index contributed by atoms with van der Waals surface area (Å²) in [5.74, 6) is 6.06. The van der Waals surface area contributed by atoms with Crippen LogP contribution in [0.1, 0.15) is 13.8 Å². The van der Waals surface area contributed by atoms with E-state index >= 15 is 0 Å². The van der Waals surface area contributed by atoms with Crippen LogP contribution in [-0.2, 0) is 4.79 Å². The van der Waals surface area contributed by atoms with Crippen LogP contribution >= 0.6 is 15.9 Å². The van der Waals surface area contributed by atoms with E-state index in [1.54, 1.807) is 25.3 Å². The Morgan fingerprint density at radius 2 is 2.11 bits per heavy atom. The molecule has 0 saturated carbocycles. The molecule has 6 heteroatoms. The van der Waals surface area contributed by atoms with Crippen LogP contribution < -0.4 is 20.7 Å². The quantitative estimate of drug-likeness (QED) is 0.494. The molecule has 100 valence electrons. The molecule has 0 aliphatic rings. The standard InChI is InChI=1S/C12H17BrN2O3/c1-7(2)11(12(16)15-14)18-10-5-4-8(17-3)6-9(10)13/h4-7,11H,14H2,1-3H3,(H,15,16). The van der Waals surface area contributed by atoms with Gasteiger partial charge in [0.25, 0.3) is 5.91 Å². The van der Waals surface area contributed by atoms with Gasteiger partial charge in [0.2, 0.25) is 0 Å². The summed E-state index contributed by atoms with van der Waals surface area (Å²) in [4.78, 5) is 11.6. The lowest BCUT2D eigenvalue weighted by Crippen LogP contribution is -2.44. The molecule has 3 N–H and O–H groups in total. The molecule has 0 heterocycles. The predicted octanol–water partition coefficient (Wildman–Crippen LogP) is 1.85. The normalized spacial score (nSPS) is 12.1. The maximum Gasteiger partial charge on any atom is 0.275 e. The van der Waals surface area contributed by atoms with Crippen molar-refractivity contribution in [2.45, 2.75) is 20.0 Å². The first-order valence-corrected chi connectivity index (χ1v) is 6.29. The fourth-order valence-corrected chi connectivity index (χ4v) is 1.87. The number of carbonyl (C=O) groups excluding carboxylic acids is 1. The highest BCUT2D eigenvalue weighted by Crippen LogP contribution is 2.30. The van der Waals surface area contributed by atoms with Crippen LogP contribution in [0.5, 0.6) is 11.5 Å². The second-order valence-corrected chi connectivity index (χ2v) is 4.94. The molecule has 0 radical (unpaired) electrons. The van der Waals surface area contributed by atoms with E-state index in [9.17, 15) is 4.79 Å². The molecule has 0 spiro atoms. The molecule has 0 aromatic heterocycles. The molecule has 1 aromatic rings.